The van der Waals surface area contributed by atoms with Gasteiger partial charge < -0.3 is 0 Å². The molecule has 112 valence electrons. The molecule has 20 heavy (non-hydrogen) atoms. The summed E-state index contributed by atoms with van der Waals surface area (Å²) in [5, 5.41) is -0.292. The Morgan fingerprint density at radius 3 is 2.40 bits per heavy atom. The summed E-state index contributed by atoms with van der Waals surface area (Å²) in [7, 11) is 0. The molecule has 0 saturated heterocycles. The van der Waals surface area contributed by atoms with Crippen LogP contribution in [0.5, 0.6) is 0 Å². The van der Waals surface area contributed by atoms with Crippen molar-refractivity contribution in [1.29, 1.82) is 0 Å². The third-order valence-electron chi connectivity index (χ3n) is 2.63. The first-order valence-electron chi connectivity index (χ1n) is 6.21. The van der Waals surface area contributed by atoms with Gasteiger partial charge in [-0.15, -0.1) is 0 Å². The average Bonchev–Trinajstić information content (AvgIpc) is 2.38. The van der Waals surface area contributed by atoms with E-state index in [4.69, 9.17) is 0 Å². The Morgan fingerprint density at radius 1 is 1.25 bits per heavy atom. The van der Waals surface area contributed by atoms with Gasteiger partial charge in [0.05, 0.1) is 0 Å². The van der Waals surface area contributed by atoms with Crippen LogP contribution in [0, 0.1) is 0 Å². The van der Waals surface area contributed by atoms with Gasteiger partial charge in [-0.05, 0) is 13.3 Å². The lowest BCUT2D eigenvalue weighted by Gasteiger charge is -2.20. The Morgan fingerprint density at radius 2 is 1.85 bits per heavy atom. The molecule has 0 aliphatic rings. The Hall–Kier alpha value is -1.04. The molecule has 0 aromatic heterocycles. The summed E-state index contributed by atoms with van der Waals surface area (Å²) in [6.07, 6.45) is -5.81. The lowest BCUT2D eigenvalue weighted by atomic mass is 10.1. The predicted molar refractivity (Wildman–Crippen MR) is 72.9 cm³/mol. The molecule has 0 aliphatic carbocycles. The Labute approximate surface area is 119 Å². The first kappa shape index (κ1) is 17.0. The third kappa shape index (κ3) is 5.53. The van der Waals surface area contributed by atoms with Crippen molar-refractivity contribution in [2.75, 3.05) is 5.75 Å². The van der Waals surface area contributed by atoms with Gasteiger partial charge in [0.25, 0.3) is 5.92 Å². The summed E-state index contributed by atoms with van der Waals surface area (Å²) in [6.45, 7) is 0.967. The molecule has 6 heteroatoms. The summed E-state index contributed by atoms with van der Waals surface area (Å²) >= 11 is 0.787. The molecule has 0 fully saturated rings. The van der Waals surface area contributed by atoms with E-state index in [1.165, 1.54) is 0 Å². The highest BCUT2D eigenvalue weighted by atomic mass is 32.2. The van der Waals surface area contributed by atoms with Crippen molar-refractivity contribution in [3.05, 3.63) is 35.9 Å². The maximum atomic E-state index is 13.4. The zero-order chi connectivity index (χ0) is 15.2. The molecular weight excluding hydrogens is 292 g/mol. The predicted octanol–water partition coefficient (Wildman–Crippen LogP) is 4.67. The highest BCUT2D eigenvalue weighted by molar-refractivity contribution is 8.14. The minimum absolute atomic E-state index is 0.0643. The number of hydrogen-bond acceptors (Lipinski definition) is 2. The number of hydrogen-bond donors (Lipinski definition) is 0. The van der Waals surface area contributed by atoms with Crippen molar-refractivity contribution in [1.82, 2.24) is 0 Å². The van der Waals surface area contributed by atoms with Gasteiger partial charge in [-0.2, -0.15) is 0 Å². The van der Waals surface area contributed by atoms with E-state index in [-0.39, 0.29) is 10.9 Å². The molecule has 1 rings (SSSR count). The molecule has 0 aliphatic heterocycles. The van der Waals surface area contributed by atoms with E-state index in [1.807, 2.05) is 0 Å². The molecule has 0 N–H and O–H groups in total. The summed E-state index contributed by atoms with van der Waals surface area (Å²) in [4.78, 5) is 11.6. The zero-order valence-corrected chi connectivity index (χ0v) is 11.8. The fourth-order valence-electron chi connectivity index (χ4n) is 1.63. The number of alkyl halides is 4. The number of rotatable bonds is 7. The lowest BCUT2D eigenvalue weighted by molar-refractivity contribution is -0.0906. The average molecular weight is 308 g/mol. The van der Waals surface area contributed by atoms with Gasteiger partial charge in [-0.25, -0.2) is 17.6 Å². The van der Waals surface area contributed by atoms with Crippen LogP contribution in [0.25, 0.3) is 0 Å². The third-order valence-corrected chi connectivity index (χ3v) is 3.56. The molecule has 2 atom stereocenters. The standard InChI is InChI=1S/C14H16F4OS/c1-10(15)9-14(17,18)12(16)7-8-20-13(19)11-5-3-2-4-6-11/h2-6,10,12H,7-9H2,1H3. The van der Waals surface area contributed by atoms with Crippen molar-refractivity contribution >= 4 is 16.9 Å². The van der Waals surface area contributed by atoms with Crippen LogP contribution in [0.4, 0.5) is 17.6 Å². The van der Waals surface area contributed by atoms with Crippen LogP contribution in [0.3, 0.4) is 0 Å². The summed E-state index contributed by atoms with van der Waals surface area (Å²) in [5.74, 6) is -3.75. The van der Waals surface area contributed by atoms with E-state index in [9.17, 15) is 22.4 Å². The molecule has 1 aromatic carbocycles. The SMILES string of the molecule is CC(F)CC(F)(F)C(F)CCSC(=O)c1ccccc1. The molecule has 0 bridgehead atoms. The Kier molecular flexibility index (Phi) is 6.52. The number of carbonyl (C=O) groups excluding carboxylic acids is 1. The van der Waals surface area contributed by atoms with Crippen LogP contribution < -0.4 is 0 Å². The maximum absolute atomic E-state index is 13.4. The van der Waals surface area contributed by atoms with Gasteiger partial charge in [-0.3, -0.25) is 4.79 Å². The van der Waals surface area contributed by atoms with Crippen LogP contribution in [0.1, 0.15) is 30.1 Å². The number of carbonyl (C=O) groups is 1. The Balaban J connectivity index is 2.39. The first-order valence-corrected chi connectivity index (χ1v) is 7.19. The highest BCUT2D eigenvalue weighted by Gasteiger charge is 2.41. The fraction of sp³-hybridized carbons (Fsp3) is 0.500. The number of thioether (sulfide) groups is 1. The van der Waals surface area contributed by atoms with Crippen LogP contribution in [-0.2, 0) is 0 Å². The molecule has 1 aromatic rings. The highest BCUT2D eigenvalue weighted by Crippen LogP contribution is 2.31. The fourth-order valence-corrected chi connectivity index (χ4v) is 2.44. The largest absolute Gasteiger partial charge is 0.282 e. The molecule has 0 heterocycles. The van der Waals surface area contributed by atoms with Gasteiger partial charge in [0.15, 0.2) is 6.17 Å². The summed E-state index contributed by atoms with van der Waals surface area (Å²) < 4.78 is 52.3. The van der Waals surface area contributed by atoms with Crippen LogP contribution in [-0.4, -0.2) is 29.1 Å². The zero-order valence-electron chi connectivity index (χ0n) is 11.0. The second-order valence-corrected chi connectivity index (χ2v) is 5.57. The van der Waals surface area contributed by atoms with Crippen LogP contribution in [0.2, 0.25) is 0 Å². The molecule has 0 saturated carbocycles. The van der Waals surface area contributed by atoms with E-state index in [1.54, 1.807) is 30.3 Å². The van der Waals surface area contributed by atoms with Crippen molar-refractivity contribution in [2.45, 2.75) is 38.0 Å². The van der Waals surface area contributed by atoms with E-state index < -0.39 is 31.1 Å². The molecule has 2 unspecified atom stereocenters. The van der Waals surface area contributed by atoms with Crippen molar-refractivity contribution < 1.29 is 22.4 Å². The lowest BCUT2D eigenvalue weighted by Crippen LogP contribution is -2.33. The number of benzene rings is 1. The van der Waals surface area contributed by atoms with Crippen LogP contribution >= 0.6 is 11.8 Å². The quantitative estimate of drug-likeness (QED) is 0.681. The van der Waals surface area contributed by atoms with Crippen molar-refractivity contribution in [3.63, 3.8) is 0 Å². The topological polar surface area (TPSA) is 17.1 Å². The van der Waals surface area contributed by atoms with E-state index in [2.05, 4.69) is 0 Å². The first-order chi connectivity index (χ1) is 9.33. The van der Waals surface area contributed by atoms with E-state index in [0.29, 0.717) is 5.56 Å². The summed E-state index contributed by atoms with van der Waals surface area (Å²) in [6, 6.07) is 8.31. The Bertz CT molecular complexity index is 422. The minimum Gasteiger partial charge on any atom is -0.282 e. The smallest absolute Gasteiger partial charge is 0.281 e. The van der Waals surface area contributed by atoms with Gasteiger partial charge >= 0.3 is 0 Å². The molecular formula is C14H16F4OS. The van der Waals surface area contributed by atoms with Crippen molar-refractivity contribution in [3.8, 4) is 0 Å². The molecule has 0 amide bonds. The van der Waals surface area contributed by atoms with Gasteiger partial charge in [-0.1, -0.05) is 42.1 Å². The van der Waals surface area contributed by atoms with E-state index in [0.717, 1.165) is 18.7 Å². The molecule has 1 nitrogen and oxygen atoms in total. The second kappa shape index (κ2) is 7.67. The number of halogens is 4. The van der Waals surface area contributed by atoms with Gasteiger partial charge in [0, 0.05) is 17.7 Å². The normalized spacial score (nSPS) is 14.8. The second-order valence-electron chi connectivity index (χ2n) is 4.50. The van der Waals surface area contributed by atoms with E-state index >= 15 is 0 Å². The monoisotopic (exact) mass is 308 g/mol. The van der Waals surface area contributed by atoms with Gasteiger partial charge in [0.1, 0.15) is 6.17 Å². The van der Waals surface area contributed by atoms with Crippen molar-refractivity contribution in [2.24, 2.45) is 0 Å². The summed E-state index contributed by atoms with van der Waals surface area (Å²) in [5.41, 5.74) is 0.442. The minimum atomic E-state index is -3.69. The van der Waals surface area contributed by atoms with Crippen LogP contribution in [0.15, 0.2) is 30.3 Å². The van der Waals surface area contributed by atoms with Gasteiger partial charge in [0.2, 0.25) is 5.12 Å². The molecule has 0 radical (unpaired) electrons. The molecule has 0 spiro atoms. The maximum Gasteiger partial charge on any atom is 0.281 e.